The Labute approximate surface area is 102 Å². The van der Waals surface area contributed by atoms with E-state index in [9.17, 15) is 0 Å². The van der Waals surface area contributed by atoms with E-state index in [4.69, 9.17) is 17.3 Å². The number of nitrogens with zero attached hydrogens (tertiary/aromatic N) is 1. The number of benzene rings is 1. The number of rotatable bonds is 2. The third kappa shape index (κ3) is 2.23. The third-order valence-electron chi connectivity index (χ3n) is 3.01. The predicted molar refractivity (Wildman–Crippen MR) is 69.8 cm³/mol. The summed E-state index contributed by atoms with van der Waals surface area (Å²) in [6.07, 6.45) is 1.01. The van der Waals surface area contributed by atoms with Gasteiger partial charge < -0.3 is 10.6 Å². The number of hydrogen-bond donors (Lipinski definition) is 1. The Morgan fingerprint density at radius 2 is 2.31 bits per heavy atom. The van der Waals surface area contributed by atoms with Crippen molar-refractivity contribution in [1.29, 1.82) is 0 Å². The highest BCUT2D eigenvalue weighted by molar-refractivity contribution is 6.25. The van der Waals surface area contributed by atoms with Crippen molar-refractivity contribution in [3.8, 4) is 0 Å². The smallest absolute Gasteiger partial charge is 0.0417 e. The van der Waals surface area contributed by atoms with Gasteiger partial charge in [0.25, 0.3) is 0 Å². The standard InChI is InChI=1S/C13H17ClN2/c1-10(8-14)9-16-7-6-12(15)11-4-2-3-5-13(11)16/h2-5,8,12H,6-7,9,15H2,1H3/b10-8-. The number of nitrogens with two attached hydrogens (primary N) is 1. The van der Waals surface area contributed by atoms with Gasteiger partial charge in [-0.3, -0.25) is 0 Å². The molecule has 3 heteroatoms. The molecule has 0 spiro atoms. The number of anilines is 1. The minimum Gasteiger partial charge on any atom is -0.367 e. The molecule has 0 aliphatic carbocycles. The number of fused-ring (bicyclic) bond motifs is 1. The highest BCUT2D eigenvalue weighted by atomic mass is 35.5. The second-order valence-corrected chi connectivity index (χ2v) is 4.55. The van der Waals surface area contributed by atoms with Crippen molar-refractivity contribution in [2.45, 2.75) is 19.4 Å². The lowest BCUT2D eigenvalue weighted by molar-refractivity contribution is 0.601. The van der Waals surface area contributed by atoms with Crippen LogP contribution in [0.4, 0.5) is 5.69 Å². The van der Waals surface area contributed by atoms with Crippen molar-refractivity contribution >= 4 is 17.3 Å². The number of para-hydroxylation sites is 1. The van der Waals surface area contributed by atoms with Crippen LogP contribution in [0.25, 0.3) is 0 Å². The first-order chi connectivity index (χ1) is 7.72. The van der Waals surface area contributed by atoms with Crippen molar-refractivity contribution in [2.24, 2.45) is 5.73 Å². The largest absolute Gasteiger partial charge is 0.367 e. The molecule has 1 aliphatic rings. The highest BCUT2D eigenvalue weighted by Gasteiger charge is 2.21. The molecule has 1 unspecified atom stereocenters. The summed E-state index contributed by atoms with van der Waals surface area (Å²) in [7, 11) is 0. The lowest BCUT2D eigenvalue weighted by Gasteiger charge is -2.34. The van der Waals surface area contributed by atoms with E-state index in [1.807, 2.05) is 13.0 Å². The van der Waals surface area contributed by atoms with E-state index in [1.54, 1.807) is 5.54 Å². The first-order valence-corrected chi connectivity index (χ1v) is 6.01. The average Bonchev–Trinajstić information content (AvgIpc) is 2.33. The van der Waals surface area contributed by atoms with E-state index in [1.165, 1.54) is 16.8 Å². The molecule has 1 aliphatic heterocycles. The van der Waals surface area contributed by atoms with E-state index >= 15 is 0 Å². The van der Waals surface area contributed by atoms with E-state index in [2.05, 4.69) is 23.1 Å². The quantitative estimate of drug-likeness (QED) is 0.855. The fourth-order valence-corrected chi connectivity index (χ4v) is 2.23. The lowest BCUT2D eigenvalue weighted by Crippen LogP contribution is -2.34. The highest BCUT2D eigenvalue weighted by Crippen LogP contribution is 2.32. The van der Waals surface area contributed by atoms with Gasteiger partial charge in [0.2, 0.25) is 0 Å². The lowest BCUT2D eigenvalue weighted by atomic mass is 9.97. The Balaban J connectivity index is 2.28. The van der Waals surface area contributed by atoms with Crippen molar-refractivity contribution in [3.63, 3.8) is 0 Å². The molecule has 0 saturated carbocycles. The summed E-state index contributed by atoms with van der Waals surface area (Å²) in [5, 5.41) is 0. The van der Waals surface area contributed by atoms with Crippen LogP contribution in [0, 0.1) is 0 Å². The van der Waals surface area contributed by atoms with Gasteiger partial charge in [-0.15, -0.1) is 0 Å². The third-order valence-corrected chi connectivity index (χ3v) is 3.39. The molecule has 0 radical (unpaired) electrons. The average molecular weight is 237 g/mol. The minimum atomic E-state index is 0.174. The van der Waals surface area contributed by atoms with Crippen LogP contribution >= 0.6 is 11.6 Å². The molecule has 86 valence electrons. The van der Waals surface area contributed by atoms with Gasteiger partial charge in [-0.05, 0) is 30.5 Å². The Kier molecular flexibility index (Phi) is 3.52. The molecule has 0 aromatic heterocycles. The molecule has 1 aromatic carbocycles. The second kappa shape index (κ2) is 4.89. The molecule has 1 heterocycles. The summed E-state index contributed by atoms with van der Waals surface area (Å²) >= 11 is 5.71. The van der Waals surface area contributed by atoms with Crippen molar-refractivity contribution in [1.82, 2.24) is 0 Å². The van der Waals surface area contributed by atoms with Crippen LogP contribution in [-0.2, 0) is 0 Å². The summed E-state index contributed by atoms with van der Waals surface area (Å²) in [6.45, 7) is 3.93. The first kappa shape index (κ1) is 11.5. The summed E-state index contributed by atoms with van der Waals surface area (Å²) in [5.74, 6) is 0. The Morgan fingerprint density at radius 1 is 1.56 bits per heavy atom. The molecule has 2 nitrogen and oxygen atoms in total. The molecule has 0 fully saturated rings. The van der Waals surface area contributed by atoms with Crippen LogP contribution in [0.15, 0.2) is 35.4 Å². The fourth-order valence-electron chi connectivity index (χ4n) is 2.16. The van der Waals surface area contributed by atoms with Gasteiger partial charge >= 0.3 is 0 Å². The zero-order valence-electron chi connectivity index (χ0n) is 9.49. The minimum absolute atomic E-state index is 0.174. The molecular formula is C13H17ClN2. The Hall–Kier alpha value is -0.990. The van der Waals surface area contributed by atoms with Gasteiger partial charge in [0, 0.05) is 30.4 Å². The number of hydrogen-bond acceptors (Lipinski definition) is 2. The molecule has 1 atom stereocenters. The van der Waals surface area contributed by atoms with Gasteiger partial charge in [-0.1, -0.05) is 29.8 Å². The van der Waals surface area contributed by atoms with Crippen LogP contribution in [-0.4, -0.2) is 13.1 Å². The van der Waals surface area contributed by atoms with Crippen molar-refractivity contribution in [3.05, 3.63) is 40.9 Å². The van der Waals surface area contributed by atoms with E-state index in [0.29, 0.717) is 0 Å². The maximum absolute atomic E-state index is 6.10. The molecule has 0 saturated heterocycles. The predicted octanol–water partition coefficient (Wildman–Crippen LogP) is 3.04. The van der Waals surface area contributed by atoms with E-state index in [0.717, 1.165) is 19.5 Å². The molecule has 2 rings (SSSR count). The van der Waals surface area contributed by atoms with Gasteiger partial charge in [-0.2, -0.15) is 0 Å². The zero-order valence-corrected chi connectivity index (χ0v) is 10.2. The number of halogens is 1. The van der Waals surface area contributed by atoms with Crippen LogP contribution in [0.5, 0.6) is 0 Å². The molecular weight excluding hydrogens is 220 g/mol. The second-order valence-electron chi connectivity index (χ2n) is 4.33. The summed E-state index contributed by atoms with van der Waals surface area (Å²) in [5.41, 5.74) is 11.4. The van der Waals surface area contributed by atoms with Gasteiger partial charge in [0.05, 0.1) is 0 Å². The van der Waals surface area contributed by atoms with Crippen molar-refractivity contribution in [2.75, 3.05) is 18.0 Å². The maximum Gasteiger partial charge on any atom is 0.0417 e. The summed E-state index contributed by atoms with van der Waals surface area (Å²) < 4.78 is 0. The monoisotopic (exact) mass is 236 g/mol. The van der Waals surface area contributed by atoms with Crippen LogP contribution in [0.1, 0.15) is 24.9 Å². The zero-order chi connectivity index (χ0) is 11.5. The Bertz CT molecular complexity index is 401. The molecule has 1 aromatic rings. The summed E-state index contributed by atoms with van der Waals surface area (Å²) in [6, 6.07) is 8.53. The topological polar surface area (TPSA) is 29.3 Å². The molecule has 0 amide bonds. The molecule has 2 N–H and O–H groups in total. The van der Waals surface area contributed by atoms with Gasteiger partial charge in [0.15, 0.2) is 0 Å². The van der Waals surface area contributed by atoms with Crippen molar-refractivity contribution < 1.29 is 0 Å². The fraction of sp³-hybridized carbons (Fsp3) is 0.385. The van der Waals surface area contributed by atoms with Crippen LogP contribution in [0.3, 0.4) is 0 Å². The van der Waals surface area contributed by atoms with E-state index in [-0.39, 0.29) is 6.04 Å². The molecule has 16 heavy (non-hydrogen) atoms. The Morgan fingerprint density at radius 3 is 3.06 bits per heavy atom. The van der Waals surface area contributed by atoms with Gasteiger partial charge in [0.1, 0.15) is 0 Å². The molecule has 0 bridgehead atoms. The summed E-state index contributed by atoms with van der Waals surface area (Å²) in [4.78, 5) is 2.34. The normalized spacial score (nSPS) is 20.8. The SMILES string of the molecule is C/C(=C/Cl)CN1CCC(N)c2ccccc21. The maximum atomic E-state index is 6.10. The first-order valence-electron chi connectivity index (χ1n) is 5.57. The van der Waals surface area contributed by atoms with Crippen LogP contribution < -0.4 is 10.6 Å². The van der Waals surface area contributed by atoms with Crippen LogP contribution in [0.2, 0.25) is 0 Å². The van der Waals surface area contributed by atoms with Gasteiger partial charge in [-0.25, -0.2) is 0 Å². The van der Waals surface area contributed by atoms with E-state index < -0.39 is 0 Å².